The summed E-state index contributed by atoms with van der Waals surface area (Å²) in [6.45, 7) is 4.87. The molecular formula is C51H97NO5. The Bertz CT molecular complexity index is 889. The zero-order chi connectivity index (χ0) is 41.5. The predicted octanol–water partition coefficient (Wildman–Crippen LogP) is 14.7. The van der Waals surface area contributed by atoms with Gasteiger partial charge in [-0.25, -0.2) is 0 Å². The third kappa shape index (κ3) is 43.7. The molecule has 0 aliphatic heterocycles. The third-order valence-electron chi connectivity index (χ3n) is 11.5. The van der Waals surface area contributed by atoms with Gasteiger partial charge in [0.15, 0.2) is 0 Å². The van der Waals surface area contributed by atoms with Gasteiger partial charge in [0.1, 0.15) is 0 Å². The van der Waals surface area contributed by atoms with Gasteiger partial charge < -0.3 is 20.3 Å². The molecule has 0 heterocycles. The Morgan fingerprint density at radius 2 is 0.895 bits per heavy atom. The molecule has 2 unspecified atom stereocenters. The van der Waals surface area contributed by atoms with Crippen molar-refractivity contribution in [3.63, 3.8) is 0 Å². The average Bonchev–Trinajstić information content (AvgIpc) is 3.21. The highest BCUT2D eigenvalue weighted by molar-refractivity contribution is 5.76. The molecule has 0 bridgehead atoms. The molecule has 6 nitrogen and oxygen atoms in total. The number of hydrogen-bond donors (Lipinski definition) is 3. The number of nitrogens with one attached hydrogen (secondary N) is 1. The molecule has 0 saturated carbocycles. The number of allylic oxidation sites excluding steroid dienone is 4. The van der Waals surface area contributed by atoms with Gasteiger partial charge in [0.25, 0.3) is 0 Å². The van der Waals surface area contributed by atoms with Gasteiger partial charge in [0.05, 0.1) is 25.4 Å². The Hall–Kier alpha value is -1.66. The van der Waals surface area contributed by atoms with Crippen LogP contribution in [0.1, 0.15) is 264 Å². The van der Waals surface area contributed by atoms with Crippen LogP contribution >= 0.6 is 0 Å². The third-order valence-corrected chi connectivity index (χ3v) is 11.5. The van der Waals surface area contributed by atoms with Crippen LogP contribution < -0.4 is 5.32 Å². The fraction of sp³-hybridized carbons (Fsp3) is 0.882. The standard InChI is InChI=1S/C51H97NO5/c1-3-5-7-9-11-13-15-16-17-18-19-22-25-29-33-37-41-45-51(56)57-46-42-38-34-30-26-23-20-21-24-28-32-36-40-44-50(55)52-48(47-53)49(54)43-39-35-31-27-14-12-10-8-6-4-2/h21,24,32,36,48-49,53-54H,3-20,22-23,25-31,33-35,37-47H2,1-2H3,(H,52,55)/b24-21-,36-32-. The molecule has 0 aliphatic carbocycles. The van der Waals surface area contributed by atoms with Crippen LogP contribution in [-0.4, -0.2) is 47.4 Å². The van der Waals surface area contributed by atoms with Crippen LogP contribution in [0, 0.1) is 0 Å². The molecule has 0 saturated heterocycles. The lowest BCUT2D eigenvalue weighted by Crippen LogP contribution is -2.45. The highest BCUT2D eigenvalue weighted by Crippen LogP contribution is 2.16. The lowest BCUT2D eigenvalue weighted by atomic mass is 10.0. The molecule has 0 aliphatic rings. The van der Waals surface area contributed by atoms with Crippen molar-refractivity contribution in [1.82, 2.24) is 5.32 Å². The number of carbonyl (C=O) groups is 2. The van der Waals surface area contributed by atoms with Crippen molar-refractivity contribution < 1.29 is 24.5 Å². The molecule has 57 heavy (non-hydrogen) atoms. The maximum Gasteiger partial charge on any atom is 0.305 e. The summed E-state index contributed by atoms with van der Waals surface area (Å²) in [4.78, 5) is 24.4. The zero-order valence-corrected chi connectivity index (χ0v) is 38.1. The predicted molar refractivity (Wildman–Crippen MR) is 246 cm³/mol. The molecule has 2 atom stereocenters. The summed E-state index contributed by atoms with van der Waals surface area (Å²) in [5, 5.41) is 23.0. The van der Waals surface area contributed by atoms with Crippen molar-refractivity contribution in [2.24, 2.45) is 0 Å². The summed E-state index contributed by atoms with van der Waals surface area (Å²) in [5.41, 5.74) is 0. The first-order valence-corrected chi connectivity index (χ1v) is 25.1. The van der Waals surface area contributed by atoms with Crippen molar-refractivity contribution in [2.45, 2.75) is 276 Å². The molecule has 0 fully saturated rings. The Morgan fingerprint density at radius 3 is 1.37 bits per heavy atom. The van der Waals surface area contributed by atoms with Crippen LogP contribution in [0.4, 0.5) is 0 Å². The van der Waals surface area contributed by atoms with Gasteiger partial charge in [-0.05, 0) is 44.9 Å². The molecule has 0 rings (SSSR count). The van der Waals surface area contributed by atoms with Crippen LogP contribution in [0.2, 0.25) is 0 Å². The van der Waals surface area contributed by atoms with E-state index in [1.54, 1.807) is 0 Å². The van der Waals surface area contributed by atoms with E-state index < -0.39 is 12.1 Å². The summed E-state index contributed by atoms with van der Waals surface area (Å²) in [7, 11) is 0. The van der Waals surface area contributed by atoms with Gasteiger partial charge in [-0.3, -0.25) is 9.59 Å². The van der Waals surface area contributed by atoms with Gasteiger partial charge in [-0.1, -0.05) is 231 Å². The molecule has 1 amide bonds. The van der Waals surface area contributed by atoms with E-state index in [-0.39, 0.29) is 18.5 Å². The van der Waals surface area contributed by atoms with E-state index in [9.17, 15) is 19.8 Å². The van der Waals surface area contributed by atoms with Gasteiger partial charge in [-0.15, -0.1) is 0 Å². The minimum atomic E-state index is -0.696. The number of hydrogen-bond acceptors (Lipinski definition) is 5. The summed E-state index contributed by atoms with van der Waals surface area (Å²) >= 11 is 0. The van der Waals surface area contributed by atoms with E-state index in [1.165, 1.54) is 173 Å². The zero-order valence-electron chi connectivity index (χ0n) is 38.1. The number of carbonyl (C=O) groups excluding carboxylic acids is 2. The maximum absolute atomic E-state index is 12.3. The van der Waals surface area contributed by atoms with Crippen molar-refractivity contribution in [2.75, 3.05) is 13.2 Å². The molecule has 3 N–H and O–H groups in total. The Balaban J connectivity index is 3.50. The summed E-state index contributed by atoms with van der Waals surface area (Å²) in [6.07, 6.45) is 54.5. The van der Waals surface area contributed by atoms with Crippen LogP contribution in [0.15, 0.2) is 24.3 Å². The molecular weight excluding hydrogens is 707 g/mol. The fourth-order valence-electron chi connectivity index (χ4n) is 7.63. The van der Waals surface area contributed by atoms with E-state index >= 15 is 0 Å². The van der Waals surface area contributed by atoms with Gasteiger partial charge in [0, 0.05) is 12.8 Å². The van der Waals surface area contributed by atoms with Crippen LogP contribution in [0.25, 0.3) is 0 Å². The monoisotopic (exact) mass is 804 g/mol. The van der Waals surface area contributed by atoms with Crippen LogP contribution in [-0.2, 0) is 14.3 Å². The first-order valence-electron chi connectivity index (χ1n) is 25.1. The number of ether oxygens (including phenoxy) is 1. The van der Waals surface area contributed by atoms with Crippen molar-refractivity contribution in [3.05, 3.63) is 24.3 Å². The summed E-state index contributed by atoms with van der Waals surface area (Å²) in [6, 6.07) is -0.583. The second-order valence-corrected chi connectivity index (χ2v) is 17.1. The van der Waals surface area contributed by atoms with E-state index in [1.807, 2.05) is 6.08 Å². The van der Waals surface area contributed by atoms with Gasteiger partial charge >= 0.3 is 5.97 Å². The van der Waals surface area contributed by atoms with Gasteiger partial charge in [0.2, 0.25) is 5.91 Å². The summed E-state index contributed by atoms with van der Waals surface area (Å²) < 4.78 is 5.46. The van der Waals surface area contributed by atoms with E-state index in [2.05, 4.69) is 37.4 Å². The quantitative estimate of drug-likeness (QED) is 0.0324. The number of esters is 1. The molecule has 0 aromatic heterocycles. The second-order valence-electron chi connectivity index (χ2n) is 17.1. The minimum Gasteiger partial charge on any atom is -0.466 e. The lowest BCUT2D eigenvalue weighted by molar-refractivity contribution is -0.143. The highest BCUT2D eigenvalue weighted by atomic mass is 16.5. The number of aliphatic hydroxyl groups is 2. The molecule has 6 heteroatoms. The molecule has 0 aromatic carbocycles. The number of rotatable bonds is 46. The Morgan fingerprint density at radius 1 is 0.491 bits per heavy atom. The number of amides is 1. The normalized spacial score (nSPS) is 12.8. The fourth-order valence-corrected chi connectivity index (χ4v) is 7.63. The van der Waals surface area contributed by atoms with Crippen molar-refractivity contribution in [3.8, 4) is 0 Å². The minimum absolute atomic E-state index is 0.0137. The summed E-state index contributed by atoms with van der Waals surface area (Å²) in [5.74, 6) is -0.131. The number of unbranched alkanes of at least 4 members (excludes halogenated alkanes) is 31. The second kappa shape index (κ2) is 47.0. The maximum atomic E-state index is 12.3. The van der Waals surface area contributed by atoms with Crippen LogP contribution in [0.3, 0.4) is 0 Å². The average molecular weight is 804 g/mol. The van der Waals surface area contributed by atoms with Crippen molar-refractivity contribution in [1.29, 1.82) is 0 Å². The van der Waals surface area contributed by atoms with Gasteiger partial charge in [-0.2, -0.15) is 0 Å². The first-order chi connectivity index (χ1) is 28.0. The topological polar surface area (TPSA) is 95.9 Å². The van der Waals surface area contributed by atoms with Crippen molar-refractivity contribution >= 4 is 11.9 Å². The van der Waals surface area contributed by atoms with Crippen LogP contribution in [0.5, 0.6) is 0 Å². The highest BCUT2D eigenvalue weighted by Gasteiger charge is 2.19. The molecule has 0 radical (unpaired) electrons. The Kier molecular flexibility index (Phi) is 45.7. The molecule has 0 aromatic rings. The lowest BCUT2D eigenvalue weighted by Gasteiger charge is -2.22. The van der Waals surface area contributed by atoms with E-state index in [0.29, 0.717) is 32.3 Å². The number of aliphatic hydroxyl groups excluding tert-OH is 2. The molecule has 0 spiro atoms. The first kappa shape index (κ1) is 55.3. The smallest absolute Gasteiger partial charge is 0.305 e. The molecule has 336 valence electrons. The largest absolute Gasteiger partial charge is 0.466 e. The van der Waals surface area contributed by atoms with E-state index in [4.69, 9.17) is 4.74 Å². The SMILES string of the molecule is CCCCCCCCCCCCCCCCCCCC(=O)OCCCCCCCC/C=C\C/C=C\CCC(=O)NC(CO)C(O)CCCCCCCCCCCC. The van der Waals surface area contributed by atoms with E-state index in [0.717, 1.165) is 51.4 Å². The Labute approximate surface area is 354 Å².